The summed E-state index contributed by atoms with van der Waals surface area (Å²) in [6, 6.07) is 0.563. The van der Waals surface area contributed by atoms with Crippen molar-refractivity contribution in [1.29, 1.82) is 0 Å². The third-order valence-corrected chi connectivity index (χ3v) is 2.85. The molecule has 8 nitrogen and oxygen atoms in total. The van der Waals surface area contributed by atoms with Gasteiger partial charge in [-0.15, -0.1) is 0 Å². The van der Waals surface area contributed by atoms with Crippen LogP contribution >= 0.6 is 0 Å². The second-order valence-electron chi connectivity index (χ2n) is 4.75. The Morgan fingerprint density at radius 1 is 1.21 bits per heavy atom. The number of rotatable bonds is 6. The van der Waals surface area contributed by atoms with Gasteiger partial charge in [0, 0.05) is 13.2 Å². The molecule has 1 aromatic rings. The summed E-state index contributed by atoms with van der Waals surface area (Å²) in [5.41, 5.74) is 2.40. The minimum Gasteiger partial charge on any atom is -0.461 e. The summed E-state index contributed by atoms with van der Waals surface area (Å²) >= 11 is 0. The van der Waals surface area contributed by atoms with Crippen molar-refractivity contribution in [1.82, 2.24) is 15.0 Å². The molecular formula is C11H20N6O2. The topological polar surface area (TPSA) is 107 Å². The standard InChI is InChI=1S/C11H20N6O2/c1-6(2)19-11-15-9(14-10(16-11)17-12)13-7-4-8(5-7)18-3/h6-8H,4-5,12H2,1-3H3,(H2,13,14,15,16,17). The lowest BCUT2D eigenvalue weighted by Gasteiger charge is -2.34. The zero-order valence-electron chi connectivity index (χ0n) is 11.4. The van der Waals surface area contributed by atoms with E-state index in [1.165, 1.54) is 0 Å². The Labute approximate surface area is 112 Å². The van der Waals surface area contributed by atoms with Crippen molar-refractivity contribution < 1.29 is 9.47 Å². The van der Waals surface area contributed by atoms with Crippen LogP contribution in [0.25, 0.3) is 0 Å². The summed E-state index contributed by atoms with van der Waals surface area (Å²) in [5, 5.41) is 3.21. The van der Waals surface area contributed by atoms with Crippen LogP contribution in [-0.4, -0.2) is 40.3 Å². The lowest BCUT2D eigenvalue weighted by Crippen LogP contribution is -2.40. The molecule has 106 valence electrons. The van der Waals surface area contributed by atoms with Crippen molar-refractivity contribution in [3.63, 3.8) is 0 Å². The zero-order chi connectivity index (χ0) is 13.8. The molecule has 0 atom stereocenters. The Hall–Kier alpha value is -1.67. The molecule has 0 radical (unpaired) electrons. The highest BCUT2D eigenvalue weighted by atomic mass is 16.5. The number of ether oxygens (including phenoxy) is 2. The molecule has 1 fully saturated rings. The number of nitrogens with zero attached hydrogens (tertiary/aromatic N) is 3. The molecule has 0 amide bonds. The predicted molar refractivity (Wildman–Crippen MR) is 70.8 cm³/mol. The predicted octanol–water partition coefficient (Wildman–Crippen LogP) is 0.534. The van der Waals surface area contributed by atoms with E-state index >= 15 is 0 Å². The second-order valence-corrected chi connectivity index (χ2v) is 4.75. The number of anilines is 2. The monoisotopic (exact) mass is 268 g/mol. The average molecular weight is 268 g/mol. The van der Waals surface area contributed by atoms with Gasteiger partial charge in [0.05, 0.1) is 12.2 Å². The molecule has 0 aliphatic heterocycles. The quantitative estimate of drug-likeness (QED) is 0.506. The summed E-state index contributed by atoms with van der Waals surface area (Å²) in [5.74, 6) is 6.06. The van der Waals surface area contributed by atoms with Gasteiger partial charge in [0.15, 0.2) is 0 Å². The Morgan fingerprint density at radius 3 is 2.47 bits per heavy atom. The molecule has 1 heterocycles. The van der Waals surface area contributed by atoms with Gasteiger partial charge in [-0.3, -0.25) is 5.43 Å². The van der Waals surface area contributed by atoms with Gasteiger partial charge in [-0.1, -0.05) is 0 Å². The minimum absolute atomic E-state index is 0.0116. The van der Waals surface area contributed by atoms with E-state index < -0.39 is 0 Å². The number of hydrogen-bond donors (Lipinski definition) is 3. The van der Waals surface area contributed by atoms with Crippen LogP contribution in [0.2, 0.25) is 0 Å². The maximum Gasteiger partial charge on any atom is 0.323 e. The number of nitrogen functional groups attached to an aromatic ring is 1. The first-order valence-corrected chi connectivity index (χ1v) is 6.29. The number of hydrogen-bond acceptors (Lipinski definition) is 8. The van der Waals surface area contributed by atoms with Gasteiger partial charge in [0.1, 0.15) is 0 Å². The molecule has 4 N–H and O–H groups in total. The Balaban J connectivity index is 2.02. The number of methoxy groups -OCH3 is 1. The van der Waals surface area contributed by atoms with E-state index in [0.29, 0.717) is 18.1 Å². The van der Waals surface area contributed by atoms with Crippen LogP contribution in [-0.2, 0) is 4.74 Å². The molecule has 1 aromatic heterocycles. The lowest BCUT2D eigenvalue weighted by molar-refractivity contribution is 0.0327. The van der Waals surface area contributed by atoms with Crippen molar-refractivity contribution in [2.24, 2.45) is 5.84 Å². The minimum atomic E-state index is -0.0116. The van der Waals surface area contributed by atoms with Gasteiger partial charge >= 0.3 is 6.01 Å². The Bertz CT molecular complexity index is 422. The van der Waals surface area contributed by atoms with Gasteiger partial charge < -0.3 is 14.8 Å². The van der Waals surface area contributed by atoms with Gasteiger partial charge in [-0.05, 0) is 26.7 Å². The fourth-order valence-corrected chi connectivity index (χ4v) is 1.81. The first-order valence-electron chi connectivity index (χ1n) is 6.29. The van der Waals surface area contributed by atoms with Crippen LogP contribution < -0.4 is 21.3 Å². The van der Waals surface area contributed by atoms with Crippen molar-refractivity contribution >= 4 is 11.9 Å². The summed E-state index contributed by atoms with van der Waals surface area (Å²) in [6.07, 6.45) is 2.18. The number of nitrogens with one attached hydrogen (secondary N) is 2. The van der Waals surface area contributed by atoms with E-state index in [4.69, 9.17) is 15.3 Å². The smallest absolute Gasteiger partial charge is 0.323 e. The highest BCUT2D eigenvalue weighted by Crippen LogP contribution is 2.25. The van der Waals surface area contributed by atoms with Crippen LogP contribution in [0.15, 0.2) is 0 Å². The maximum absolute atomic E-state index is 5.45. The molecule has 0 saturated heterocycles. The van der Waals surface area contributed by atoms with Crippen molar-refractivity contribution in [3.8, 4) is 6.01 Å². The molecule has 1 saturated carbocycles. The summed E-state index contributed by atoms with van der Waals surface area (Å²) < 4.78 is 10.7. The van der Waals surface area contributed by atoms with E-state index in [0.717, 1.165) is 12.8 Å². The van der Waals surface area contributed by atoms with Crippen LogP contribution in [0.5, 0.6) is 6.01 Å². The first kappa shape index (κ1) is 13.8. The largest absolute Gasteiger partial charge is 0.461 e. The number of hydrazine groups is 1. The maximum atomic E-state index is 5.45. The highest BCUT2D eigenvalue weighted by molar-refractivity contribution is 5.36. The van der Waals surface area contributed by atoms with Crippen molar-refractivity contribution in [2.75, 3.05) is 17.9 Å². The van der Waals surface area contributed by atoms with E-state index in [9.17, 15) is 0 Å². The summed E-state index contributed by atoms with van der Waals surface area (Å²) in [7, 11) is 1.72. The summed E-state index contributed by atoms with van der Waals surface area (Å²) in [4.78, 5) is 12.4. The number of nitrogens with two attached hydrogens (primary N) is 1. The fraction of sp³-hybridized carbons (Fsp3) is 0.727. The molecule has 0 bridgehead atoms. The summed E-state index contributed by atoms with van der Waals surface area (Å²) in [6.45, 7) is 3.81. The lowest BCUT2D eigenvalue weighted by atomic mass is 9.89. The van der Waals surface area contributed by atoms with Crippen LogP contribution in [0.1, 0.15) is 26.7 Å². The third kappa shape index (κ3) is 3.65. The Kier molecular flexibility index (Phi) is 4.33. The van der Waals surface area contributed by atoms with Crippen molar-refractivity contribution in [3.05, 3.63) is 0 Å². The van der Waals surface area contributed by atoms with Crippen molar-refractivity contribution in [2.45, 2.75) is 44.9 Å². The molecule has 0 aromatic carbocycles. The van der Waals surface area contributed by atoms with E-state index in [1.54, 1.807) is 7.11 Å². The van der Waals surface area contributed by atoms with Gasteiger partial charge in [-0.25, -0.2) is 5.84 Å². The molecule has 1 aliphatic rings. The third-order valence-electron chi connectivity index (χ3n) is 2.85. The molecule has 2 rings (SSSR count). The molecule has 1 aliphatic carbocycles. The van der Waals surface area contributed by atoms with Crippen LogP contribution in [0.4, 0.5) is 11.9 Å². The van der Waals surface area contributed by atoms with E-state index in [1.807, 2.05) is 13.8 Å². The molecule has 8 heteroatoms. The average Bonchev–Trinajstić information content (AvgIpc) is 2.32. The van der Waals surface area contributed by atoms with Crippen LogP contribution in [0.3, 0.4) is 0 Å². The second kappa shape index (κ2) is 5.98. The van der Waals surface area contributed by atoms with Gasteiger partial charge in [0.25, 0.3) is 0 Å². The molecule has 19 heavy (non-hydrogen) atoms. The zero-order valence-corrected chi connectivity index (χ0v) is 11.4. The molecular weight excluding hydrogens is 248 g/mol. The van der Waals surface area contributed by atoms with Gasteiger partial charge in [-0.2, -0.15) is 15.0 Å². The van der Waals surface area contributed by atoms with Crippen LogP contribution in [0, 0.1) is 0 Å². The highest BCUT2D eigenvalue weighted by Gasteiger charge is 2.29. The molecule has 0 spiro atoms. The Morgan fingerprint density at radius 2 is 1.89 bits per heavy atom. The molecule has 0 unspecified atom stereocenters. The fourth-order valence-electron chi connectivity index (χ4n) is 1.81. The van der Waals surface area contributed by atoms with E-state index in [2.05, 4.69) is 25.7 Å². The normalized spacial score (nSPS) is 21.9. The van der Waals surface area contributed by atoms with Gasteiger partial charge in [0.2, 0.25) is 11.9 Å². The van der Waals surface area contributed by atoms with E-state index in [-0.39, 0.29) is 18.1 Å². The number of aromatic nitrogens is 3. The SMILES string of the molecule is COC1CC(Nc2nc(NN)nc(OC(C)C)n2)C1. The first-order chi connectivity index (χ1) is 9.10.